The van der Waals surface area contributed by atoms with Gasteiger partial charge in [0, 0.05) is 6.07 Å². The summed E-state index contributed by atoms with van der Waals surface area (Å²) >= 11 is 5.15. The number of benzene rings is 2. The van der Waals surface area contributed by atoms with Crippen LogP contribution in [0.3, 0.4) is 0 Å². The van der Waals surface area contributed by atoms with Crippen molar-refractivity contribution in [3.63, 3.8) is 0 Å². The number of alkyl halides is 3. The largest absolute Gasteiger partial charge is 0.497 e. The maximum Gasteiger partial charge on any atom is 0.416 e. The molecule has 2 aromatic carbocycles. The molecule has 0 aliphatic carbocycles. The van der Waals surface area contributed by atoms with E-state index in [1.807, 2.05) is 0 Å². The standard InChI is InChI=1S/C19H17F3N4O3S/c1-28-13-6-7-14(15(9-13)29-2)17(27)23-10-16-24-25-18(30)26(16)12-5-3-4-11(8-12)19(20,21)22/h3-9H,10H2,1-2H3,(H,23,27)(H,25,30). The van der Waals surface area contributed by atoms with Crippen molar-refractivity contribution in [1.29, 1.82) is 0 Å². The number of hydrogen-bond donors (Lipinski definition) is 2. The van der Waals surface area contributed by atoms with Crippen LogP contribution in [0.2, 0.25) is 0 Å². The Hall–Kier alpha value is -3.34. The first-order valence-corrected chi connectivity index (χ1v) is 8.99. The number of carbonyl (C=O) groups is 1. The van der Waals surface area contributed by atoms with Gasteiger partial charge in [-0.2, -0.15) is 18.3 Å². The number of aromatic amines is 1. The molecule has 158 valence electrons. The zero-order valence-electron chi connectivity index (χ0n) is 15.9. The second-order valence-corrected chi connectivity index (χ2v) is 6.46. The second kappa shape index (κ2) is 8.57. The summed E-state index contributed by atoms with van der Waals surface area (Å²) in [5, 5.41) is 9.22. The predicted octanol–water partition coefficient (Wildman–Crippen LogP) is 3.90. The van der Waals surface area contributed by atoms with E-state index in [0.29, 0.717) is 11.5 Å². The summed E-state index contributed by atoms with van der Waals surface area (Å²) in [5.41, 5.74) is -0.381. The van der Waals surface area contributed by atoms with E-state index in [0.717, 1.165) is 12.1 Å². The van der Waals surface area contributed by atoms with Crippen LogP contribution < -0.4 is 14.8 Å². The van der Waals surface area contributed by atoms with Crippen molar-refractivity contribution in [3.05, 3.63) is 64.2 Å². The maximum absolute atomic E-state index is 13.0. The van der Waals surface area contributed by atoms with Crippen molar-refractivity contribution in [2.45, 2.75) is 12.7 Å². The number of carbonyl (C=O) groups excluding carboxylic acids is 1. The molecule has 1 heterocycles. The molecule has 11 heteroatoms. The van der Waals surface area contributed by atoms with Crippen LogP contribution in [0.4, 0.5) is 13.2 Å². The summed E-state index contributed by atoms with van der Waals surface area (Å²) in [6.07, 6.45) is -4.50. The molecule has 3 rings (SSSR count). The van der Waals surface area contributed by atoms with Gasteiger partial charge < -0.3 is 14.8 Å². The lowest BCUT2D eigenvalue weighted by atomic mass is 10.1. The number of ether oxygens (including phenoxy) is 2. The molecule has 0 aliphatic heterocycles. The van der Waals surface area contributed by atoms with E-state index in [1.54, 1.807) is 12.1 Å². The zero-order chi connectivity index (χ0) is 21.9. The smallest absolute Gasteiger partial charge is 0.416 e. The third kappa shape index (κ3) is 4.46. The van der Waals surface area contributed by atoms with Crippen molar-refractivity contribution in [2.24, 2.45) is 0 Å². The Kier molecular flexibility index (Phi) is 6.11. The van der Waals surface area contributed by atoms with Gasteiger partial charge in [0.25, 0.3) is 5.91 Å². The first-order chi connectivity index (χ1) is 14.2. The van der Waals surface area contributed by atoms with Gasteiger partial charge in [0.2, 0.25) is 0 Å². The van der Waals surface area contributed by atoms with Gasteiger partial charge in [0.1, 0.15) is 11.5 Å². The van der Waals surface area contributed by atoms with Crippen LogP contribution in [0.15, 0.2) is 42.5 Å². The van der Waals surface area contributed by atoms with E-state index >= 15 is 0 Å². The number of nitrogens with zero attached hydrogens (tertiary/aromatic N) is 2. The number of nitrogens with one attached hydrogen (secondary N) is 2. The second-order valence-electron chi connectivity index (χ2n) is 6.08. The van der Waals surface area contributed by atoms with E-state index in [2.05, 4.69) is 15.5 Å². The van der Waals surface area contributed by atoms with Gasteiger partial charge in [-0.1, -0.05) is 6.07 Å². The molecular formula is C19H17F3N4O3S. The van der Waals surface area contributed by atoms with Crippen molar-refractivity contribution < 1.29 is 27.4 Å². The topological polar surface area (TPSA) is 81.2 Å². The van der Waals surface area contributed by atoms with Crippen LogP contribution in [0.1, 0.15) is 21.7 Å². The summed E-state index contributed by atoms with van der Waals surface area (Å²) in [6.45, 7) is -0.0859. The highest BCUT2D eigenvalue weighted by atomic mass is 32.1. The lowest BCUT2D eigenvalue weighted by Crippen LogP contribution is -2.25. The van der Waals surface area contributed by atoms with Crippen molar-refractivity contribution in [3.8, 4) is 17.2 Å². The number of rotatable bonds is 6. The fourth-order valence-corrected chi connectivity index (χ4v) is 3.03. The molecule has 0 fully saturated rings. The number of amides is 1. The Morgan fingerprint density at radius 3 is 2.63 bits per heavy atom. The van der Waals surface area contributed by atoms with Crippen LogP contribution >= 0.6 is 12.2 Å². The van der Waals surface area contributed by atoms with Crippen molar-refractivity contribution in [1.82, 2.24) is 20.1 Å². The molecule has 0 aliphatic rings. The van der Waals surface area contributed by atoms with Gasteiger partial charge in [0.05, 0.1) is 37.6 Å². The zero-order valence-corrected chi connectivity index (χ0v) is 16.7. The van der Waals surface area contributed by atoms with E-state index < -0.39 is 17.6 Å². The molecule has 0 saturated carbocycles. The quantitative estimate of drug-likeness (QED) is 0.571. The molecule has 0 atom stereocenters. The number of methoxy groups -OCH3 is 2. The summed E-state index contributed by atoms with van der Waals surface area (Å²) < 4.78 is 50.9. The van der Waals surface area contributed by atoms with Gasteiger partial charge in [-0.05, 0) is 42.5 Å². The Bertz CT molecular complexity index is 1120. The lowest BCUT2D eigenvalue weighted by Gasteiger charge is -2.12. The molecule has 0 radical (unpaired) electrons. The number of H-pyrrole nitrogens is 1. The van der Waals surface area contributed by atoms with E-state index in [-0.39, 0.29) is 28.4 Å². The van der Waals surface area contributed by atoms with Gasteiger partial charge in [-0.25, -0.2) is 0 Å². The summed E-state index contributed by atoms with van der Waals surface area (Å²) in [6, 6.07) is 9.38. The van der Waals surface area contributed by atoms with Crippen LogP contribution in [0.25, 0.3) is 5.69 Å². The molecule has 0 bridgehead atoms. The minimum absolute atomic E-state index is 0.0859. The van der Waals surface area contributed by atoms with E-state index in [1.165, 1.54) is 37.0 Å². The molecule has 0 spiro atoms. The Morgan fingerprint density at radius 2 is 1.97 bits per heavy atom. The highest BCUT2D eigenvalue weighted by Gasteiger charge is 2.30. The fraction of sp³-hybridized carbons (Fsp3) is 0.211. The third-order valence-corrected chi connectivity index (χ3v) is 4.51. The minimum Gasteiger partial charge on any atom is -0.497 e. The molecule has 30 heavy (non-hydrogen) atoms. The molecule has 0 unspecified atom stereocenters. The first kappa shape index (κ1) is 21.4. The Balaban J connectivity index is 1.85. The highest BCUT2D eigenvalue weighted by Crippen LogP contribution is 2.30. The van der Waals surface area contributed by atoms with Gasteiger partial charge in [-0.3, -0.25) is 14.5 Å². The number of aromatic nitrogens is 3. The number of hydrogen-bond acceptors (Lipinski definition) is 5. The van der Waals surface area contributed by atoms with Gasteiger partial charge >= 0.3 is 6.18 Å². The third-order valence-electron chi connectivity index (χ3n) is 4.23. The van der Waals surface area contributed by atoms with Crippen molar-refractivity contribution >= 4 is 18.1 Å². The monoisotopic (exact) mass is 438 g/mol. The molecule has 1 amide bonds. The Labute approximate surface area is 174 Å². The predicted molar refractivity (Wildman–Crippen MR) is 104 cm³/mol. The molecule has 2 N–H and O–H groups in total. The Morgan fingerprint density at radius 1 is 1.20 bits per heavy atom. The fourth-order valence-electron chi connectivity index (χ4n) is 2.78. The summed E-state index contributed by atoms with van der Waals surface area (Å²) in [5.74, 6) is 0.608. The van der Waals surface area contributed by atoms with Crippen LogP contribution in [-0.4, -0.2) is 34.9 Å². The molecule has 7 nitrogen and oxygen atoms in total. The van der Waals surface area contributed by atoms with E-state index in [4.69, 9.17) is 21.7 Å². The highest BCUT2D eigenvalue weighted by molar-refractivity contribution is 7.71. The molecule has 3 aromatic rings. The summed E-state index contributed by atoms with van der Waals surface area (Å²) in [4.78, 5) is 12.6. The summed E-state index contributed by atoms with van der Waals surface area (Å²) in [7, 11) is 2.91. The first-order valence-electron chi connectivity index (χ1n) is 8.58. The maximum atomic E-state index is 13.0. The number of halogens is 3. The van der Waals surface area contributed by atoms with Crippen molar-refractivity contribution in [2.75, 3.05) is 14.2 Å². The van der Waals surface area contributed by atoms with Crippen LogP contribution in [0, 0.1) is 4.77 Å². The van der Waals surface area contributed by atoms with Crippen LogP contribution in [-0.2, 0) is 12.7 Å². The van der Waals surface area contributed by atoms with Gasteiger partial charge in [-0.15, -0.1) is 0 Å². The van der Waals surface area contributed by atoms with Crippen LogP contribution in [0.5, 0.6) is 11.5 Å². The average molecular weight is 438 g/mol. The molecular weight excluding hydrogens is 421 g/mol. The average Bonchev–Trinajstić information content (AvgIpc) is 3.11. The van der Waals surface area contributed by atoms with Gasteiger partial charge in [0.15, 0.2) is 10.6 Å². The lowest BCUT2D eigenvalue weighted by molar-refractivity contribution is -0.137. The normalized spacial score (nSPS) is 11.2. The molecule has 0 saturated heterocycles. The molecule has 1 aromatic heterocycles. The SMILES string of the molecule is COc1ccc(C(=O)NCc2n[nH]c(=S)n2-c2cccc(C(F)(F)F)c2)c(OC)c1. The van der Waals surface area contributed by atoms with E-state index in [9.17, 15) is 18.0 Å². The minimum atomic E-state index is -4.50.